The Kier molecular flexibility index (Phi) is 4.69. The van der Waals surface area contributed by atoms with E-state index in [1.54, 1.807) is 0 Å². The predicted octanol–water partition coefficient (Wildman–Crippen LogP) is 6.20. The molecule has 172 valence electrons. The molecule has 1 fully saturated rings. The SMILES string of the molecule is O=C(OCC1c2ccccc2-c2ccccc21)N1C2C=C(c3cnc4ccccc4n3)CC1CC2. The Balaban J connectivity index is 1.11. The maximum atomic E-state index is 13.3. The molecule has 2 aliphatic heterocycles. The summed E-state index contributed by atoms with van der Waals surface area (Å²) < 4.78 is 5.99. The first-order chi connectivity index (χ1) is 17.3. The second kappa shape index (κ2) is 8.05. The molecule has 0 spiro atoms. The van der Waals surface area contributed by atoms with E-state index in [2.05, 4.69) is 59.6 Å². The number of amides is 1. The molecule has 2 atom stereocenters. The minimum atomic E-state index is -0.209. The zero-order valence-corrected chi connectivity index (χ0v) is 19.3. The van der Waals surface area contributed by atoms with E-state index in [4.69, 9.17) is 9.72 Å². The fraction of sp³-hybridized carbons (Fsp3) is 0.233. The number of ether oxygens (including phenoxy) is 1. The molecule has 7 rings (SSSR count). The molecule has 0 radical (unpaired) electrons. The van der Waals surface area contributed by atoms with Gasteiger partial charge in [0.05, 0.1) is 29.0 Å². The highest BCUT2D eigenvalue weighted by Crippen LogP contribution is 2.45. The van der Waals surface area contributed by atoms with Crippen LogP contribution >= 0.6 is 0 Å². The summed E-state index contributed by atoms with van der Waals surface area (Å²) in [5.74, 6) is 0.0766. The van der Waals surface area contributed by atoms with Gasteiger partial charge in [0.25, 0.3) is 0 Å². The van der Waals surface area contributed by atoms with Crippen LogP contribution in [0.25, 0.3) is 27.7 Å². The van der Waals surface area contributed by atoms with Crippen molar-refractivity contribution in [2.45, 2.75) is 37.3 Å². The van der Waals surface area contributed by atoms with Gasteiger partial charge in [-0.15, -0.1) is 0 Å². The van der Waals surface area contributed by atoms with Crippen molar-refractivity contribution >= 4 is 22.7 Å². The van der Waals surface area contributed by atoms with Crippen molar-refractivity contribution in [3.63, 3.8) is 0 Å². The molecule has 2 bridgehead atoms. The van der Waals surface area contributed by atoms with Crippen LogP contribution in [0.3, 0.4) is 0 Å². The maximum absolute atomic E-state index is 13.3. The molecule has 1 amide bonds. The van der Waals surface area contributed by atoms with Gasteiger partial charge in [-0.1, -0.05) is 66.7 Å². The summed E-state index contributed by atoms with van der Waals surface area (Å²) in [7, 11) is 0. The summed E-state index contributed by atoms with van der Waals surface area (Å²) >= 11 is 0. The lowest BCUT2D eigenvalue weighted by molar-refractivity contribution is 0.0866. The first-order valence-electron chi connectivity index (χ1n) is 12.3. The second-order valence-electron chi connectivity index (χ2n) is 9.65. The number of para-hydroxylation sites is 2. The molecule has 3 aliphatic rings. The molecular weight excluding hydrogens is 434 g/mol. The molecule has 5 nitrogen and oxygen atoms in total. The van der Waals surface area contributed by atoms with Crippen LogP contribution in [0.15, 0.2) is 85.1 Å². The normalized spacial score (nSPS) is 20.5. The summed E-state index contributed by atoms with van der Waals surface area (Å²) in [4.78, 5) is 24.7. The molecule has 1 aromatic heterocycles. The fourth-order valence-corrected chi connectivity index (χ4v) is 6.09. The number of hydrogen-bond acceptors (Lipinski definition) is 4. The lowest BCUT2D eigenvalue weighted by Crippen LogP contribution is -2.43. The van der Waals surface area contributed by atoms with Crippen molar-refractivity contribution in [2.24, 2.45) is 0 Å². The Morgan fingerprint density at radius 3 is 2.31 bits per heavy atom. The Bertz CT molecular complexity index is 1450. The number of aromatic nitrogens is 2. The molecule has 5 heteroatoms. The van der Waals surface area contributed by atoms with E-state index in [1.165, 1.54) is 27.8 Å². The third kappa shape index (κ3) is 3.34. The highest BCUT2D eigenvalue weighted by atomic mass is 16.6. The van der Waals surface area contributed by atoms with Crippen molar-refractivity contribution in [1.82, 2.24) is 14.9 Å². The predicted molar refractivity (Wildman–Crippen MR) is 136 cm³/mol. The summed E-state index contributed by atoms with van der Waals surface area (Å²) in [6.07, 6.45) is 6.57. The Hall–Kier alpha value is -3.99. The van der Waals surface area contributed by atoms with Gasteiger partial charge in [-0.05, 0) is 59.2 Å². The number of nitrogens with zero attached hydrogens (tertiary/aromatic N) is 3. The second-order valence-corrected chi connectivity index (χ2v) is 9.65. The summed E-state index contributed by atoms with van der Waals surface area (Å²) in [5.41, 5.74) is 8.84. The van der Waals surface area contributed by atoms with Crippen molar-refractivity contribution in [3.8, 4) is 11.1 Å². The van der Waals surface area contributed by atoms with Crippen molar-refractivity contribution in [2.75, 3.05) is 6.61 Å². The number of hydrogen-bond donors (Lipinski definition) is 0. The zero-order valence-electron chi connectivity index (χ0n) is 19.3. The molecule has 4 aromatic rings. The van der Waals surface area contributed by atoms with Crippen LogP contribution in [0.1, 0.15) is 42.0 Å². The number of fused-ring (bicyclic) bond motifs is 6. The van der Waals surface area contributed by atoms with Gasteiger partial charge < -0.3 is 4.74 Å². The van der Waals surface area contributed by atoms with Crippen LogP contribution in [0.4, 0.5) is 4.79 Å². The van der Waals surface area contributed by atoms with Crippen LogP contribution < -0.4 is 0 Å². The van der Waals surface area contributed by atoms with Crippen LogP contribution in [0, 0.1) is 0 Å². The van der Waals surface area contributed by atoms with Crippen molar-refractivity contribution in [3.05, 3.63) is 102 Å². The molecule has 3 aromatic carbocycles. The molecule has 35 heavy (non-hydrogen) atoms. The van der Waals surface area contributed by atoms with Crippen LogP contribution in [-0.4, -0.2) is 39.7 Å². The van der Waals surface area contributed by atoms with E-state index in [-0.39, 0.29) is 24.1 Å². The third-order valence-electron chi connectivity index (χ3n) is 7.72. The molecule has 3 heterocycles. The first-order valence-corrected chi connectivity index (χ1v) is 12.3. The molecule has 0 N–H and O–H groups in total. The number of benzene rings is 3. The minimum absolute atomic E-state index is 0.0488. The standard InChI is InChI=1S/C30H25N3O2/c34-30(35-18-26-24-9-3-1-7-22(24)23-8-2-4-10-25(23)26)33-20-13-14-21(33)16-19(15-20)29-17-31-27-11-5-6-12-28(27)32-29/h1-12,15,17,20-21,26H,13-14,16,18H2. The van der Waals surface area contributed by atoms with Gasteiger partial charge in [0.2, 0.25) is 0 Å². The van der Waals surface area contributed by atoms with E-state index < -0.39 is 0 Å². The van der Waals surface area contributed by atoms with E-state index in [0.717, 1.165) is 36.0 Å². The highest BCUT2D eigenvalue weighted by molar-refractivity contribution is 5.80. The number of rotatable bonds is 3. The lowest BCUT2D eigenvalue weighted by atomic mass is 9.98. The van der Waals surface area contributed by atoms with Gasteiger partial charge in [0, 0.05) is 12.0 Å². The minimum Gasteiger partial charge on any atom is -0.448 e. The quantitative estimate of drug-likeness (QED) is 0.366. The lowest BCUT2D eigenvalue weighted by Gasteiger charge is -2.33. The molecule has 2 unspecified atom stereocenters. The maximum Gasteiger partial charge on any atom is 0.410 e. The van der Waals surface area contributed by atoms with Gasteiger partial charge in [-0.3, -0.25) is 9.88 Å². The number of carbonyl (C=O) groups is 1. The smallest absolute Gasteiger partial charge is 0.410 e. The van der Waals surface area contributed by atoms with Crippen LogP contribution in [-0.2, 0) is 4.74 Å². The van der Waals surface area contributed by atoms with Crippen molar-refractivity contribution in [1.29, 1.82) is 0 Å². The summed E-state index contributed by atoms with van der Waals surface area (Å²) in [6, 6.07) is 25.0. The van der Waals surface area contributed by atoms with E-state index in [9.17, 15) is 4.79 Å². The summed E-state index contributed by atoms with van der Waals surface area (Å²) in [6.45, 7) is 0.357. The molecule has 1 saturated heterocycles. The molecule has 1 aliphatic carbocycles. The van der Waals surface area contributed by atoms with Crippen LogP contribution in [0.2, 0.25) is 0 Å². The average Bonchev–Trinajstić information content (AvgIpc) is 3.37. The third-order valence-corrected chi connectivity index (χ3v) is 7.72. The van der Waals surface area contributed by atoms with Gasteiger partial charge >= 0.3 is 6.09 Å². The summed E-state index contributed by atoms with van der Waals surface area (Å²) in [5, 5.41) is 0. The molecule has 0 saturated carbocycles. The largest absolute Gasteiger partial charge is 0.448 e. The van der Waals surface area contributed by atoms with Gasteiger partial charge in [-0.25, -0.2) is 9.78 Å². The van der Waals surface area contributed by atoms with Gasteiger partial charge in [-0.2, -0.15) is 0 Å². The van der Waals surface area contributed by atoms with E-state index >= 15 is 0 Å². The van der Waals surface area contributed by atoms with E-state index in [1.807, 2.05) is 35.4 Å². The Labute approximate surface area is 204 Å². The van der Waals surface area contributed by atoms with Gasteiger partial charge in [0.1, 0.15) is 6.61 Å². The van der Waals surface area contributed by atoms with E-state index in [0.29, 0.717) is 6.61 Å². The van der Waals surface area contributed by atoms with Crippen LogP contribution in [0.5, 0.6) is 0 Å². The Morgan fingerprint density at radius 2 is 1.57 bits per heavy atom. The monoisotopic (exact) mass is 459 g/mol. The zero-order chi connectivity index (χ0) is 23.4. The number of carbonyl (C=O) groups excluding carboxylic acids is 1. The Morgan fingerprint density at radius 1 is 0.886 bits per heavy atom. The average molecular weight is 460 g/mol. The first kappa shape index (κ1) is 20.4. The molecular formula is C30H25N3O2. The van der Waals surface area contributed by atoms with Crippen molar-refractivity contribution < 1.29 is 9.53 Å². The highest BCUT2D eigenvalue weighted by Gasteiger charge is 2.41. The fourth-order valence-electron chi connectivity index (χ4n) is 6.09. The topological polar surface area (TPSA) is 55.3 Å². The van der Waals surface area contributed by atoms with Gasteiger partial charge in [0.15, 0.2) is 0 Å².